The molecule has 1 aliphatic heterocycles. The highest BCUT2D eigenvalue weighted by Crippen LogP contribution is 2.30. The molecule has 3 rings (SSSR count). The molecule has 1 heterocycles. The second-order valence-electron chi connectivity index (χ2n) is 6.02. The molecule has 0 aliphatic carbocycles. The van der Waals surface area contributed by atoms with Gasteiger partial charge in [-0.2, -0.15) is 0 Å². The van der Waals surface area contributed by atoms with Crippen LogP contribution < -0.4 is 14.8 Å². The largest absolute Gasteiger partial charge is 0.486 e. The Morgan fingerprint density at radius 1 is 1.15 bits per heavy atom. The molecule has 1 unspecified atom stereocenters. The van der Waals surface area contributed by atoms with Crippen LogP contribution in [0, 0.1) is 0 Å². The highest BCUT2D eigenvalue weighted by atomic mass is 32.2. The molecule has 2 aromatic carbocycles. The van der Waals surface area contributed by atoms with Gasteiger partial charge in [0.25, 0.3) is 5.91 Å². The summed E-state index contributed by atoms with van der Waals surface area (Å²) in [5.41, 5.74) is 0.269. The number of fused-ring (bicyclic) bond motifs is 1. The highest BCUT2D eigenvalue weighted by molar-refractivity contribution is 7.89. The number of nitrogens with zero attached hydrogens (tertiary/aromatic N) is 1. The number of hydrogen-bond donors (Lipinski definition) is 1. The average molecular weight is 376 g/mol. The quantitative estimate of drug-likeness (QED) is 0.855. The van der Waals surface area contributed by atoms with E-state index in [1.807, 2.05) is 18.2 Å². The van der Waals surface area contributed by atoms with E-state index in [1.54, 1.807) is 18.2 Å². The second-order valence-corrected chi connectivity index (χ2v) is 8.17. The van der Waals surface area contributed by atoms with Crippen LogP contribution in [0.3, 0.4) is 0 Å². The number of hydrogen-bond acceptors (Lipinski definition) is 5. The second kappa shape index (κ2) is 7.35. The molecule has 1 N–H and O–H groups in total. The summed E-state index contributed by atoms with van der Waals surface area (Å²) in [6, 6.07) is 13.3. The van der Waals surface area contributed by atoms with E-state index < -0.39 is 10.0 Å². The Kier molecular flexibility index (Phi) is 5.15. The van der Waals surface area contributed by atoms with Crippen molar-refractivity contribution in [2.45, 2.75) is 11.0 Å². The molecule has 138 valence electrons. The Hall–Kier alpha value is -2.58. The van der Waals surface area contributed by atoms with Gasteiger partial charge in [-0.1, -0.05) is 18.2 Å². The maximum absolute atomic E-state index is 12.4. The van der Waals surface area contributed by atoms with E-state index in [-0.39, 0.29) is 29.0 Å². The first-order valence-corrected chi connectivity index (χ1v) is 9.51. The predicted octanol–water partition coefficient (Wildman–Crippen LogP) is 1.51. The molecule has 1 amide bonds. The molecule has 0 fully saturated rings. The maximum Gasteiger partial charge on any atom is 0.251 e. The van der Waals surface area contributed by atoms with Crippen LogP contribution in [-0.2, 0) is 10.0 Å². The first kappa shape index (κ1) is 18.2. The minimum absolute atomic E-state index is 0.0707. The number of ether oxygens (including phenoxy) is 2. The van der Waals surface area contributed by atoms with Gasteiger partial charge in [0.05, 0.1) is 11.4 Å². The molecule has 0 spiro atoms. The molecule has 0 saturated heterocycles. The van der Waals surface area contributed by atoms with E-state index in [1.165, 1.54) is 26.2 Å². The smallest absolute Gasteiger partial charge is 0.251 e. The van der Waals surface area contributed by atoms with E-state index in [2.05, 4.69) is 5.32 Å². The van der Waals surface area contributed by atoms with E-state index in [0.29, 0.717) is 18.1 Å². The van der Waals surface area contributed by atoms with E-state index in [4.69, 9.17) is 9.47 Å². The van der Waals surface area contributed by atoms with Crippen LogP contribution in [0.15, 0.2) is 53.4 Å². The molecule has 0 saturated carbocycles. The van der Waals surface area contributed by atoms with Crippen molar-refractivity contribution < 1.29 is 22.7 Å². The Balaban J connectivity index is 1.65. The SMILES string of the molecule is CN(C)S(=O)(=O)c1cccc(C(=O)NCC2COc3ccccc3O2)c1. The van der Waals surface area contributed by atoms with Crippen molar-refractivity contribution in [3.05, 3.63) is 54.1 Å². The molecule has 2 aromatic rings. The summed E-state index contributed by atoms with van der Waals surface area (Å²) in [5.74, 6) is 0.942. The van der Waals surface area contributed by atoms with Gasteiger partial charge >= 0.3 is 0 Å². The van der Waals surface area contributed by atoms with Crippen molar-refractivity contribution in [3.8, 4) is 11.5 Å². The first-order valence-electron chi connectivity index (χ1n) is 8.07. The lowest BCUT2D eigenvalue weighted by molar-refractivity contribution is 0.0789. The van der Waals surface area contributed by atoms with Gasteiger partial charge in [0.15, 0.2) is 11.5 Å². The van der Waals surface area contributed by atoms with Crippen molar-refractivity contribution in [3.63, 3.8) is 0 Å². The maximum atomic E-state index is 12.4. The standard InChI is InChI=1S/C18H20N2O5S/c1-20(2)26(22,23)15-7-5-6-13(10-15)18(21)19-11-14-12-24-16-8-3-4-9-17(16)25-14/h3-10,14H,11-12H2,1-2H3,(H,19,21). The molecule has 7 nitrogen and oxygen atoms in total. The van der Waals surface area contributed by atoms with Gasteiger partial charge in [-0.15, -0.1) is 0 Å². The Morgan fingerprint density at radius 2 is 1.88 bits per heavy atom. The number of para-hydroxylation sites is 2. The number of sulfonamides is 1. The van der Waals surface area contributed by atoms with Crippen LogP contribution in [0.2, 0.25) is 0 Å². The third-order valence-electron chi connectivity index (χ3n) is 3.93. The lowest BCUT2D eigenvalue weighted by Crippen LogP contribution is -2.40. The van der Waals surface area contributed by atoms with Gasteiger partial charge in [-0.05, 0) is 30.3 Å². The molecule has 0 radical (unpaired) electrons. The molecule has 1 aliphatic rings. The van der Waals surface area contributed by atoms with Gasteiger partial charge in [-0.25, -0.2) is 12.7 Å². The van der Waals surface area contributed by atoms with Crippen LogP contribution in [0.25, 0.3) is 0 Å². The lowest BCUT2D eigenvalue weighted by atomic mass is 10.2. The summed E-state index contributed by atoms with van der Waals surface area (Å²) in [5, 5.41) is 2.76. The normalized spacial score (nSPS) is 16.3. The Labute approximate surface area is 152 Å². The fourth-order valence-electron chi connectivity index (χ4n) is 2.48. The van der Waals surface area contributed by atoms with Crippen molar-refractivity contribution in [1.29, 1.82) is 0 Å². The predicted molar refractivity (Wildman–Crippen MR) is 96.0 cm³/mol. The fraction of sp³-hybridized carbons (Fsp3) is 0.278. The van der Waals surface area contributed by atoms with E-state index >= 15 is 0 Å². The lowest BCUT2D eigenvalue weighted by Gasteiger charge is -2.26. The molecular weight excluding hydrogens is 356 g/mol. The Bertz CT molecular complexity index is 911. The number of carbonyl (C=O) groups is 1. The minimum Gasteiger partial charge on any atom is -0.486 e. The highest BCUT2D eigenvalue weighted by Gasteiger charge is 2.22. The van der Waals surface area contributed by atoms with Crippen LogP contribution in [0.5, 0.6) is 11.5 Å². The van der Waals surface area contributed by atoms with Crippen molar-refractivity contribution in [2.24, 2.45) is 0 Å². The van der Waals surface area contributed by atoms with Gasteiger partial charge in [0.2, 0.25) is 10.0 Å². The zero-order chi connectivity index (χ0) is 18.7. The number of carbonyl (C=O) groups excluding carboxylic acids is 1. The van der Waals surface area contributed by atoms with Crippen LogP contribution >= 0.6 is 0 Å². The van der Waals surface area contributed by atoms with Gasteiger partial charge < -0.3 is 14.8 Å². The zero-order valence-corrected chi connectivity index (χ0v) is 15.3. The number of benzene rings is 2. The van der Waals surface area contributed by atoms with Crippen molar-refractivity contribution >= 4 is 15.9 Å². The molecule has 8 heteroatoms. The topological polar surface area (TPSA) is 84.9 Å². The van der Waals surface area contributed by atoms with Crippen molar-refractivity contribution in [2.75, 3.05) is 27.2 Å². The third-order valence-corrected chi connectivity index (χ3v) is 5.74. The van der Waals surface area contributed by atoms with Gasteiger partial charge in [0, 0.05) is 19.7 Å². The zero-order valence-electron chi connectivity index (χ0n) is 14.5. The van der Waals surface area contributed by atoms with E-state index in [0.717, 1.165) is 4.31 Å². The molecular formula is C18H20N2O5S. The molecule has 26 heavy (non-hydrogen) atoms. The summed E-state index contributed by atoms with van der Waals surface area (Å²) < 4.78 is 36.9. The van der Waals surface area contributed by atoms with Gasteiger partial charge in [-0.3, -0.25) is 4.79 Å². The first-order chi connectivity index (χ1) is 12.4. The third kappa shape index (κ3) is 3.81. The average Bonchev–Trinajstić information content (AvgIpc) is 2.66. The van der Waals surface area contributed by atoms with Crippen LogP contribution in [0.4, 0.5) is 0 Å². The molecule has 0 bridgehead atoms. The van der Waals surface area contributed by atoms with E-state index in [9.17, 15) is 13.2 Å². The molecule has 1 atom stereocenters. The summed E-state index contributed by atoms with van der Waals surface area (Å²) >= 11 is 0. The van der Waals surface area contributed by atoms with Crippen LogP contribution in [-0.4, -0.2) is 52.0 Å². The summed E-state index contributed by atoms with van der Waals surface area (Å²) in [4.78, 5) is 12.4. The van der Waals surface area contributed by atoms with Crippen LogP contribution in [0.1, 0.15) is 10.4 Å². The fourth-order valence-corrected chi connectivity index (χ4v) is 3.43. The minimum atomic E-state index is -3.59. The number of nitrogens with one attached hydrogen (secondary N) is 1. The summed E-state index contributed by atoms with van der Waals surface area (Å²) in [6.07, 6.45) is -0.317. The monoisotopic (exact) mass is 376 g/mol. The van der Waals surface area contributed by atoms with Crippen molar-refractivity contribution in [1.82, 2.24) is 9.62 Å². The van der Waals surface area contributed by atoms with Gasteiger partial charge in [0.1, 0.15) is 12.7 Å². The summed E-state index contributed by atoms with van der Waals surface area (Å²) in [7, 11) is -0.704. The Morgan fingerprint density at radius 3 is 2.62 bits per heavy atom. The summed E-state index contributed by atoms with van der Waals surface area (Å²) in [6.45, 7) is 0.574. The number of amides is 1. The molecule has 0 aromatic heterocycles. The number of rotatable bonds is 5.